The first-order chi connectivity index (χ1) is 8.74. The number of aryl methyl sites for hydroxylation is 1. The Labute approximate surface area is 109 Å². The maximum Gasteiger partial charge on any atom is 0.125 e. The number of imidazole rings is 1. The van der Waals surface area contributed by atoms with Gasteiger partial charge in [0.1, 0.15) is 5.82 Å². The summed E-state index contributed by atoms with van der Waals surface area (Å²) < 4.78 is 3.16. The van der Waals surface area contributed by atoms with Crippen LogP contribution in [0.5, 0.6) is 0 Å². The minimum atomic E-state index is -0.106. The largest absolute Gasteiger partial charge is 0.337 e. The zero-order chi connectivity index (χ0) is 12.5. The standard InChI is InChI=1S/C13H14N4S/c1-17-7-6-15-13(17)9(14)8-12-16-10-4-2-3-5-11(10)18-12/h2-7,9H,8,14H2,1H3. The number of fused-ring (bicyclic) bond motifs is 1. The van der Waals surface area contributed by atoms with E-state index in [2.05, 4.69) is 16.0 Å². The van der Waals surface area contributed by atoms with Crippen molar-refractivity contribution in [2.24, 2.45) is 12.8 Å². The molecular formula is C13H14N4S. The SMILES string of the molecule is Cn1ccnc1C(N)Cc1nc2ccccc2s1. The predicted molar refractivity (Wildman–Crippen MR) is 73.5 cm³/mol. The number of nitrogens with zero attached hydrogens (tertiary/aromatic N) is 3. The molecular weight excluding hydrogens is 244 g/mol. The second-order valence-electron chi connectivity index (χ2n) is 4.28. The van der Waals surface area contributed by atoms with Gasteiger partial charge in [-0.3, -0.25) is 0 Å². The van der Waals surface area contributed by atoms with E-state index in [0.29, 0.717) is 0 Å². The van der Waals surface area contributed by atoms with Gasteiger partial charge < -0.3 is 10.3 Å². The lowest BCUT2D eigenvalue weighted by atomic mass is 10.2. The first-order valence-corrected chi connectivity index (χ1v) is 6.63. The molecule has 1 unspecified atom stereocenters. The third kappa shape index (κ3) is 2.02. The second-order valence-corrected chi connectivity index (χ2v) is 5.40. The van der Waals surface area contributed by atoms with Crippen LogP contribution in [0.3, 0.4) is 0 Å². The highest BCUT2D eigenvalue weighted by Gasteiger charge is 2.14. The van der Waals surface area contributed by atoms with Crippen LogP contribution in [0.4, 0.5) is 0 Å². The van der Waals surface area contributed by atoms with Crippen molar-refractivity contribution in [1.29, 1.82) is 0 Å². The molecule has 2 aromatic heterocycles. The van der Waals surface area contributed by atoms with Gasteiger partial charge in [0.15, 0.2) is 0 Å². The summed E-state index contributed by atoms with van der Waals surface area (Å²) in [4.78, 5) is 8.87. The fraction of sp³-hybridized carbons (Fsp3) is 0.231. The number of rotatable bonds is 3. The van der Waals surface area contributed by atoms with Crippen LogP contribution in [0.1, 0.15) is 16.9 Å². The number of para-hydroxylation sites is 1. The normalized spacial score (nSPS) is 13.0. The van der Waals surface area contributed by atoms with Crippen LogP contribution < -0.4 is 5.73 Å². The fourth-order valence-corrected chi connectivity index (χ4v) is 3.05. The number of aromatic nitrogens is 3. The van der Waals surface area contributed by atoms with Gasteiger partial charge in [-0.2, -0.15) is 0 Å². The highest BCUT2D eigenvalue weighted by Crippen LogP contribution is 2.24. The number of hydrogen-bond acceptors (Lipinski definition) is 4. The Morgan fingerprint density at radius 2 is 2.22 bits per heavy atom. The zero-order valence-electron chi connectivity index (χ0n) is 10.1. The Morgan fingerprint density at radius 1 is 1.39 bits per heavy atom. The van der Waals surface area contributed by atoms with Crippen molar-refractivity contribution >= 4 is 21.6 Å². The summed E-state index contributed by atoms with van der Waals surface area (Å²) >= 11 is 1.70. The second kappa shape index (κ2) is 4.51. The fourth-order valence-electron chi connectivity index (χ4n) is 2.02. The number of nitrogens with two attached hydrogens (primary N) is 1. The highest BCUT2D eigenvalue weighted by molar-refractivity contribution is 7.18. The molecule has 0 bridgehead atoms. The molecule has 18 heavy (non-hydrogen) atoms. The third-order valence-corrected chi connectivity index (χ3v) is 3.98. The van der Waals surface area contributed by atoms with Crippen LogP contribution in [-0.2, 0) is 13.5 Å². The zero-order valence-corrected chi connectivity index (χ0v) is 10.9. The van der Waals surface area contributed by atoms with Gasteiger partial charge in [-0.25, -0.2) is 9.97 Å². The molecule has 1 atom stereocenters. The van der Waals surface area contributed by atoms with E-state index < -0.39 is 0 Å². The Kier molecular flexibility index (Phi) is 2.85. The van der Waals surface area contributed by atoms with Gasteiger partial charge in [-0.15, -0.1) is 11.3 Å². The van der Waals surface area contributed by atoms with Crippen molar-refractivity contribution in [3.63, 3.8) is 0 Å². The van der Waals surface area contributed by atoms with E-state index in [9.17, 15) is 0 Å². The Bertz CT molecular complexity index is 637. The van der Waals surface area contributed by atoms with E-state index in [1.54, 1.807) is 17.5 Å². The predicted octanol–water partition coefficient (Wildman–Crippen LogP) is 2.27. The third-order valence-electron chi connectivity index (χ3n) is 2.92. The number of hydrogen-bond donors (Lipinski definition) is 1. The van der Waals surface area contributed by atoms with E-state index in [-0.39, 0.29) is 6.04 Å². The monoisotopic (exact) mass is 258 g/mol. The molecule has 0 fully saturated rings. The first kappa shape index (κ1) is 11.4. The molecule has 0 saturated heterocycles. The summed E-state index contributed by atoms with van der Waals surface area (Å²) in [5.41, 5.74) is 7.22. The van der Waals surface area contributed by atoms with Crippen molar-refractivity contribution in [3.8, 4) is 0 Å². The summed E-state index contributed by atoms with van der Waals surface area (Å²) in [6.45, 7) is 0. The molecule has 3 rings (SSSR count). The van der Waals surface area contributed by atoms with Gasteiger partial charge in [0.2, 0.25) is 0 Å². The quantitative estimate of drug-likeness (QED) is 0.784. The molecule has 92 valence electrons. The van der Waals surface area contributed by atoms with E-state index in [4.69, 9.17) is 5.73 Å². The lowest BCUT2D eigenvalue weighted by Crippen LogP contribution is -2.17. The smallest absolute Gasteiger partial charge is 0.125 e. The molecule has 0 radical (unpaired) electrons. The summed E-state index contributed by atoms with van der Waals surface area (Å²) in [5.74, 6) is 0.897. The average Bonchev–Trinajstić information content (AvgIpc) is 2.94. The van der Waals surface area contributed by atoms with E-state index in [0.717, 1.165) is 22.8 Å². The summed E-state index contributed by atoms with van der Waals surface area (Å²) in [7, 11) is 1.96. The average molecular weight is 258 g/mol. The minimum absolute atomic E-state index is 0.106. The van der Waals surface area contributed by atoms with Crippen LogP contribution in [-0.4, -0.2) is 14.5 Å². The molecule has 0 spiro atoms. The summed E-state index contributed by atoms with van der Waals surface area (Å²) in [6.07, 6.45) is 4.41. The molecule has 4 nitrogen and oxygen atoms in total. The minimum Gasteiger partial charge on any atom is -0.337 e. The van der Waals surface area contributed by atoms with Gasteiger partial charge in [-0.1, -0.05) is 12.1 Å². The molecule has 2 N–H and O–H groups in total. The van der Waals surface area contributed by atoms with Crippen molar-refractivity contribution in [1.82, 2.24) is 14.5 Å². The number of thiazole rings is 1. The van der Waals surface area contributed by atoms with Gasteiger partial charge >= 0.3 is 0 Å². The van der Waals surface area contributed by atoms with Crippen molar-refractivity contribution in [3.05, 3.63) is 47.5 Å². The Balaban J connectivity index is 1.86. The van der Waals surface area contributed by atoms with Crippen LogP contribution in [0.2, 0.25) is 0 Å². The molecule has 0 aliphatic heterocycles. The van der Waals surface area contributed by atoms with Gasteiger partial charge in [0.05, 0.1) is 21.3 Å². The molecule has 0 aliphatic carbocycles. The topological polar surface area (TPSA) is 56.7 Å². The molecule has 1 aromatic carbocycles. The maximum absolute atomic E-state index is 6.18. The van der Waals surface area contributed by atoms with E-state index in [1.807, 2.05) is 36.0 Å². The van der Waals surface area contributed by atoms with Crippen LogP contribution in [0.25, 0.3) is 10.2 Å². The maximum atomic E-state index is 6.18. The first-order valence-electron chi connectivity index (χ1n) is 5.81. The lowest BCUT2D eigenvalue weighted by molar-refractivity contribution is 0.631. The summed E-state index contributed by atoms with van der Waals surface area (Å²) in [5, 5.41) is 1.06. The molecule has 5 heteroatoms. The highest BCUT2D eigenvalue weighted by atomic mass is 32.1. The van der Waals surface area contributed by atoms with Crippen LogP contribution >= 0.6 is 11.3 Å². The lowest BCUT2D eigenvalue weighted by Gasteiger charge is -2.09. The number of benzene rings is 1. The van der Waals surface area contributed by atoms with Gasteiger partial charge in [0.25, 0.3) is 0 Å². The molecule has 0 saturated carbocycles. The van der Waals surface area contributed by atoms with Crippen molar-refractivity contribution in [2.75, 3.05) is 0 Å². The van der Waals surface area contributed by atoms with Crippen molar-refractivity contribution in [2.45, 2.75) is 12.5 Å². The Hall–Kier alpha value is -1.72. The van der Waals surface area contributed by atoms with E-state index >= 15 is 0 Å². The van der Waals surface area contributed by atoms with Gasteiger partial charge in [-0.05, 0) is 12.1 Å². The molecule has 0 aliphatic rings. The Morgan fingerprint density at radius 3 is 2.94 bits per heavy atom. The van der Waals surface area contributed by atoms with Crippen LogP contribution in [0, 0.1) is 0 Å². The molecule has 0 amide bonds. The molecule has 3 aromatic rings. The summed E-state index contributed by atoms with van der Waals surface area (Å²) in [6, 6.07) is 8.04. The van der Waals surface area contributed by atoms with E-state index in [1.165, 1.54) is 4.70 Å². The van der Waals surface area contributed by atoms with Gasteiger partial charge in [0, 0.05) is 25.9 Å². The van der Waals surface area contributed by atoms with Crippen LogP contribution in [0.15, 0.2) is 36.7 Å². The van der Waals surface area contributed by atoms with Crippen molar-refractivity contribution < 1.29 is 0 Å². The molecule has 2 heterocycles.